The molecule has 3 nitrogen and oxygen atoms in total. The SMILES string of the molecule is CCC(=O)c1ccccc1Oc1cccc(C#N)c1. The molecule has 19 heavy (non-hydrogen) atoms. The highest BCUT2D eigenvalue weighted by atomic mass is 16.5. The first-order chi connectivity index (χ1) is 9.24. The second-order valence-electron chi connectivity index (χ2n) is 4.01. The number of carbonyl (C=O) groups is 1. The fourth-order valence-corrected chi connectivity index (χ4v) is 1.73. The Bertz CT molecular complexity index is 641. The van der Waals surface area contributed by atoms with Crippen molar-refractivity contribution in [2.75, 3.05) is 0 Å². The highest BCUT2D eigenvalue weighted by Crippen LogP contribution is 2.26. The van der Waals surface area contributed by atoms with Gasteiger partial charge in [0.25, 0.3) is 0 Å². The molecule has 0 N–H and O–H groups in total. The average molecular weight is 251 g/mol. The van der Waals surface area contributed by atoms with Gasteiger partial charge in [-0.2, -0.15) is 5.26 Å². The van der Waals surface area contributed by atoms with E-state index >= 15 is 0 Å². The molecular weight excluding hydrogens is 238 g/mol. The number of ketones is 1. The summed E-state index contributed by atoms with van der Waals surface area (Å²) in [5.74, 6) is 1.10. The number of benzene rings is 2. The molecule has 2 rings (SSSR count). The van der Waals surface area contributed by atoms with Crippen LogP contribution in [0.15, 0.2) is 48.5 Å². The minimum atomic E-state index is 0.0343. The lowest BCUT2D eigenvalue weighted by molar-refractivity contribution is 0.0986. The van der Waals surface area contributed by atoms with E-state index in [1.54, 1.807) is 42.5 Å². The predicted octanol–water partition coefficient (Wildman–Crippen LogP) is 3.94. The number of hydrogen-bond donors (Lipinski definition) is 0. The van der Waals surface area contributed by atoms with Gasteiger partial charge in [-0.05, 0) is 30.3 Å². The number of carbonyl (C=O) groups excluding carboxylic acids is 1. The number of nitriles is 1. The Morgan fingerprint density at radius 2 is 2.00 bits per heavy atom. The number of hydrogen-bond acceptors (Lipinski definition) is 3. The summed E-state index contributed by atoms with van der Waals surface area (Å²) < 4.78 is 5.70. The monoisotopic (exact) mass is 251 g/mol. The zero-order chi connectivity index (χ0) is 13.7. The summed E-state index contributed by atoms with van der Waals surface area (Å²) in [6.07, 6.45) is 0.429. The number of ether oxygens (including phenoxy) is 1. The quantitative estimate of drug-likeness (QED) is 0.773. The van der Waals surface area contributed by atoms with Crippen molar-refractivity contribution in [3.05, 3.63) is 59.7 Å². The molecule has 0 heterocycles. The molecule has 0 bridgehead atoms. The van der Waals surface area contributed by atoms with Gasteiger partial charge in [-0.1, -0.05) is 25.1 Å². The summed E-state index contributed by atoms with van der Waals surface area (Å²) >= 11 is 0. The van der Waals surface area contributed by atoms with Crippen LogP contribution in [0.5, 0.6) is 11.5 Å². The molecule has 0 spiro atoms. The van der Waals surface area contributed by atoms with Gasteiger partial charge in [-0.15, -0.1) is 0 Å². The molecule has 2 aromatic rings. The molecule has 0 aliphatic rings. The first kappa shape index (κ1) is 12.8. The molecule has 0 aliphatic carbocycles. The summed E-state index contributed by atoms with van der Waals surface area (Å²) in [6, 6.07) is 16.0. The second-order valence-corrected chi connectivity index (χ2v) is 4.01. The molecule has 0 saturated carbocycles. The molecule has 0 aromatic heterocycles. The van der Waals surface area contributed by atoms with Gasteiger partial charge < -0.3 is 4.74 Å². The molecule has 0 saturated heterocycles. The standard InChI is InChI=1S/C16H13NO2/c1-2-15(18)14-8-3-4-9-16(14)19-13-7-5-6-12(10-13)11-17/h3-10H,2H2,1H3. The van der Waals surface area contributed by atoms with Gasteiger partial charge in [0, 0.05) is 6.42 Å². The Kier molecular flexibility index (Phi) is 3.94. The second kappa shape index (κ2) is 5.83. The zero-order valence-corrected chi connectivity index (χ0v) is 10.6. The molecule has 0 radical (unpaired) electrons. The highest BCUT2D eigenvalue weighted by Gasteiger charge is 2.10. The van der Waals surface area contributed by atoms with Gasteiger partial charge in [-0.3, -0.25) is 4.79 Å². The van der Waals surface area contributed by atoms with Crippen molar-refractivity contribution in [1.82, 2.24) is 0 Å². The summed E-state index contributed by atoms with van der Waals surface area (Å²) in [4.78, 5) is 11.8. The largest absolute Gasteiger partial charge is 0.457 e. The van der Waals surface area contributed by atoms with Gasteiger partial charge >= 0.3 is 0 Å². The zero-order valence-electron chi connectivity index (χ0n) is 10.6. The Morgan fingerprint density at radius 1 is 1.21 bits per heavy atom. The van der Waals surface area contributed by atoms with E-state index in [-0.39, 0.29) is 5.78 Å². The van der Waals surface area contributed by atoms with Crippen LogP contribution in [0.2, 0.25) is 0 Å². The third kappa shape index (κ3) is 2.99. The maximum Gasteiger partial charge on any atom is 0.166 e. The van der Waals surface area contributed by atoms with Gasteiger partial charge in [0.2, 0.25) is 0 Å². The van der Waals surface area contributed by atoms with Crippen LogP contribution in [0.3, 0.4) is 0 Å². The van der Waals surface area contributed by atoms with Crippen LogP contribution in [0.4, 0.5) is 0 Å². The lowest BCUT2D eigenvalue weighted by atomic mass is 10.1. The predicted molar refractivity (Wildman–Crippen MR) is 72.3 cm³/mol. The maximum absolute atomic E-state index is 11.8. The number of rotatable bonds is 4. The number of para-hydroxylation sites is 1. The average Bonchev–Trinajstić information content (AvgIpc) is 2.47. The van der Waals surface area contributed by atoms with E-state index in [2.05, 4.69) is 6.07 Å². The molecular formula is C16H13NO2. The summed E-state index contributed by atoms with van der Waals surface area (Å²) in [7, 11) is 0. The topological polar surface area (TPSA) is 50.1 Å². The van der Waals surface area contributed by atoms with Crippen molar-refractivity contribution in [1.29, 1.82) is 5.26 Å². The van der Waals surface area contributed by atoms with Crippen LogP contribution in [0, 0.1) is 11.3 Å². The number of nitrogens with zero attached hydrogens (tertiary/aromatic N) is 1. The smallest absolute Gasteiger partial charge is 0.166 e. The van der Waals surface area contributed by atoms with E-state index in [4.69, 9.17) is 10.00 Å². The van der Waals surface area contributed by atoms with Crippen LogP contribution < -0.4 is 4.74 Å². The Hall–Kier alpha value is -2.60. The minimum absolute atomic E-state index is 0.0343. The summed E-state index contributed by atoms with van der Waals surface area (Å²) in [6.45, 7) is 1.81. The molecule has 0 fully saturated rings. The maximum atomic E-state index is 11.8. The van der Waals surface area contributed by atoms with Crippen LogP contribution >= 0.6 is 0 Å². The minimum Gasteiger partial charge on any atom is -0.457 e. The van der Waals surface area contributed by atoms with Crippen molar-refractivity contribution in [3.8, 4) is 17.6 Å². The van der Waals surface area contributed by atoms with E-state index in [0.29, 0.717) is 29.0 Å². The molecule has 94 valence electrons. The van der Waals surface area contributed by atoms with E-state index in [9.17, 15) is 4.79 Å². The molecule has 0 aliphatic heterocycles. The number of Topliss-reactive ketones (excluding diaryl/α,β-unsaturated/α-hetero) is 1. The van der Waals surface area contributed by atoms with Crippen LogP contribution in [0.25, 0.3) is 0 Å². The first-order valence-corrected chi connectivity index (χ1v) is 6.05. The molecule has 0 atom stereocenters. The Morgan fingerprint density at radius 3 is 2.74 bits per heavy atom. The molecule has 2 aromatic carbocycles. The van der Waals surface area contributed by atoms with Gasteiger partial charge in [0.1, 0.15) is 11.5 Å². The molecule has 0 amide bonds. The third-order valence-electron chi connectivity index (χ3n) is 2.70. The van der Waals surface area contributed by atoms with E-state index in [0.717, 1.165) is 0 Å². The van der Waals surface area contributed by atoms with Gasteiger partial charge in [0.15, 0.2) is 5.78 Å². The van der Waals surface area contributed by atoms with Crippen LogP contribution in [-0.4, -0.2) is 5.78 Å². The summed E-state index contributed by atoms with van der Waals surface area (Å²) in [5.41, 5.74) is 1.09. The van der Waals surface area contributed by atoms with Crippen molar-refractivity contribution >= 4 is 5.78 Å². The van der Waals surface area contributed by atoms with Crippen LogP contribution in [0.1, 0.15) is 29.3 Å². The van der Waals surface area contributed by atoms with Gasteiger partial charge in [0.05, 0.1) is 17.2 Å². The Balaban J connectivity index is 2.33. The molecule has 3 heteroatoms. The Labute approximate surface area is 112 Å². The fourth-order valence-electron chi connectivity index (χ4n) is 1.73. The van der Waals surface area contributed by atoms with E-state index in [1.807, 2.05) is 13.0 Å². The van der Waals surface area contributed by atoms with Crippen molar-refractivity contribution in [2.45, 2.75) is 13.3 Å². The first-order valence-electron chi connectivity index (χ1n) is 6.05. The molecule has 0 unspecified atom stereocenters. The van der Waals surface area contributed by atoms with Crippen molar-refractivity contribution in [2.24, 2.45) is 0 Å². The van der Waals surface area contributed by atoms with Crippen molar-refractivity contribution < 1.29 is 9.53 Å². The van der Waals surface area contributed by atoms with Crippen molar-refractivity contribution in [3.63, 3.8) is 0 Å². The summed E-state index contributed by atoms with van der Waals surface area (Å²) in [5, 5.41) is 8.85. The lowest BCUT2D eigenvalue weighted by Crippen LogP contribution is -1.99. The van der Waals surface area contributed by atoms with E-state index in [1.165, 1.54) is 0 Å². The highest BCUT2D eigenvalue weighted by molar-refractivity contribution is 5.98. The normalized spacial score (nSPS) is 9.68. The third-order valence-corrected chi connectivity index (χ3v) is 2.70. The van der Waals surface area contributed by atoms with E-state index < -0.39 is 0 Å². The van der Waals surface area contributed by atoms with Gasteiger partial charge in [-0.25, -0.2) is 0 Å². The van der Waals surface area contributed by atoms with Crippen LogP contribution in [-0.2, 0) is 0 Å². The lowest BCUT2D eigenvalue weighted by Gasteiger charge is -2.09. The fraction of sp³-hybridized carbons (Fsp3) is 0.125.